The highest BCUT2D eigenvalue weighted by atomic mass is 35.5. The number of hydrogen-bond acceptors (Lipinski definition) is 5. The van der Waals surface area contributed by atoms with Crippen LogP contribution in [-0.4, -0.2) is 51.4 Å². The molecule has 0 fully saturated rings. The number of nitrogens with zero attached hydrogens (tertiary/aromatic N) is 2. The molecule has 0 aliphatic carbocycles. The van der Waals surface area contributed by atoms with Crippen molar-refractivity contribution >= 4 is 39.1 Å². The van der Waals surface area contributed by atoms with Crippen LogP contribution in [-0.2, 0) is 32.6 Å². The second-order valence-electron chi connectivity index (χ2n) is 9.66. The molecular formula is C33H34ClN3O5S. The minimum absolute atomic E-state index is 0.0129. The molecule has 0 saturated heterocycles. The molecule has 0 spiro atoms. The number of sulfonamides is 1. The minimum Gasteiger partial charge on any atom is -0.492 e. The van der Waals surface area contributed by atoms with Crippen LogP contribution in [0.1, 0.15) is 18.1 Å². The molecule has 0 aliphatic rings. The summed E-state index contributed by atoms with van der Waals surface area (Å²) in [5.74, 6) is -0.672. The molecule has 0 bridgehead atoms. The van der Waals surface area contributed by atoms with Gasteiger partial charge in [-0.25, -0.2) is 8.42 Å². The zero-order chi connectivity index (χ0) is 30.8. The van der Waals surface area contributed by atoms with Gasteiger partial charge in [0, 0.05) is 25.0 Å². The fourth-order valence-electron chi connectivity index (χ4n) is 4.70. The zero-order valence-corrected chi connectivity index (χ0v) is 25.6. The molecule has 4 aromatic rings. The molecule has 4 rings (SSSR count). The van der Waals surface area contributed by atoms with Crippen LogP contribution >= 0.6 is 11.6 Å². The number of carbonyl (C=O) groups is 2. The second-order valence-corrected chi connectivity index (χ2v) is 11.9. The van der Waals surface area contributed by atoms with Gasteiger partial charge in [0.25, 0.3) is 10.0 Å². The van der Waals surface area contributed by atoms with Crippen molar-refractivity contribution in [1.29, 1.82) is 0 Å². The van der Waals surface area contributed by atoms with E-state index < -0.39 is 34.4 Å². The summed E-state index contributed by atoms with van der Waals surface area (Å²) in [6.45, 7) is 1.48. The lowest BCUT2D eigenvalue weighted by Crippen LogP contribution is -2.53. The van der Waals surface area contributed by atoms with Gasteiger partial charge in [-0.1, -0.05) is 90.5 Å². The predicted molar refractivity (Wildman–Crippen MR) is 169 cm³/mol. The highest BCUT2D eigenvalue weighted by Gasteiger charge is 2.35. The first-order valence-corrected chi connectivity index (χ1v) is 15.7. The maximum atomic E-state index is 14.4. The van der Waals surface area contributed by atoms with Crippen LogP contribution in [0.25, 0.3) is 0 Å². The summed E-state index contributed by atoms with van der Waals surface area (Å²) >= 11 is 6.50. The van der Waals surface area contributed by atoms with Gasteiger partial charge in [0.1, 0.15) is 18.3 Å². The van der Waals surface area contributed by atoms with E-state index in [2.05, 4.69) is 5.32 Å². The second kappa shape index (κ2) is 14.7. The molecule has 8 nitrogen and oxygen atoms in total. The van der Waals surface area contributed by atoms with Crippen LogP contribution in [0.3, 0.4) is 0 Å². The molecule has 0 aliphatic heterocycles. The molecule has 1 atom stereocenters. The Bertz CT molecular complexity index is 1630. The number of ether oxygens (including phenoxy) is 1. The Kier molecular flexibility index (Phi) is 10.8. The van der Waals surface area contributed by atoms with Crippen LogP contribution in [0.2, 0.25) is 5.02 Å². The number of rotatable bonds is 13. The summed E-state index contributed by atoms with van der Waals surface area (Å²) in [6, 6.07) is 30.0. The first-order valence-electron chi connectivity index (χ1n) is 13.8. The number of likely N-dealkylation sites (N-methyl/N-ethyl adjacent to an activating group) is 1. The van der Waals surface area contributed by atoms with Crippen molar-refractivity contribution < 1.29 is 22.7 Å². The van der Waals surface area contributed by atoms with Gasteiger partial charge in [-0.2, -0.15) is 0 Å². The van der Waals surface area contributed by atoms with Gasteiger partial charge in [0.15, 0.2) is 0 Å². The summed E-state index contributed by atoms with van der Waals surface area (Å²) in [5, 5.41) is 3.09. The minimum atomic E-state index is -4.24. The Labute approximate surface area is 257 Å². The van der Waals surface area contributed by atoms with Gasteiger partial charge in [-0.05, 0) is 48.4 Å². The number of carbonyl (C=O) groups excluding carboxylic acids is 2. The number of para-hydroxylation sites is 2. The third-order valence-corrected chi connectivity index (χ3v) is 9.00. The molecule has 0 heterocycles. The zero-order valence-electron chi connectivity index (χ0n) is 24.0. The van der Waals surface area contributed by atoms with Crippen molar-refractivity contribution in [2.75, 3.05) is 24.5 Å². The number of hydrogen-bond donors (Lipinski definition) is 1. The van der Waals surface area contributed by atoms with Crippen molar-refractivity contribution in [2.24, 2.45) is 0 Å². The smallest absolute Gasteiger partial charge is 0.264 e. The van der Waals surface area contributed by atoms with Gasteiger partial charge in [-0.3, -0.25) is 13.9 Å². The molecular weight excluding hydrogens is 586 g/mol. The van der Waals surface area contributed by atoms with E-state index in [4.69, 9.17) is 16.3 Å². The monoisotopic (exact) mass is 619 g/mol. The van der Waals surface area contributed by atoms with Crippen molar-refractivity contribution in [1.82, 2.24) is 10.2 Å². The lowest BCUT2D eigenvalue weighted by Gasteiger charge is -2.34. The average molecular weight is 620 g/mol. The van der Waals surface area contributed by atoms with Crippen molar-refractivity contribution in [3.8, 4) is 5.75 Å². The van der Waals surface area contributed by atoms with E-state index in [1.54, 1.807) is 73.7 Å². The van der Waals surface area contributed by atoms with Crippen molar-refractivity contribution in [2.45, 2.75) is 30.8 Å². The average Bonchev–Trinajstić information content (AvgIpc) is 3.03. The van der Waals surface area contributed by atoms with Crippen LogP contribution in [0.15, 0.2) is 114 Å². The van der Waals surface area contributed by atoms with E-state index in [1.165, 1.54) is 24.1 Å². The molecule has 0 aromatic heterocycles. The Balaban J connectivity index is 1.82. The van der Waals surface area contributed by atoms with E-state index in [0.29, 0.717) is 22.9 Å². The molecule has 0 saturated carbocycles. The lowest BCUT2D eigenvalue weighted by atomic mass is 10.0. The Morgan fingerprint density at radius 2 is 1.47 bits per heavy atom. The van der Waals surface area contributed by atoms with E-state index in [-0.39, 0.29) is 23.5 Å². The Morgan fingerprint density at radius 3 is 2.12 bits per heavy atom. The van der Waals surface area contributed by atoms with E-state index in [1.807, 2.05) is 30.3 Å². The predicted octanol–water partition coefficient (Wildman–Crippen LogP) is 5.32. The highest BCUT2D eigenvalue weighted by Crippen LogP contribution is 2.33. The molecule has 1 N–H and O–H groups in total. The van der Waals surface area contributed by atoms with Gasteiger partial charge >= 0.3 is 0 Å². The molecule has 43 heavy (non-hydrogen) atoms. The fourth-order valence-corrected chi connectivity index (χ4v) is 6.35. The lowest BCUT2D eigenvalue weighted by molar-refractivity contribution is -0.139. The van der Waals surface area contributed by atoms with Gasteiger partial charge in [0.2, 0.25) is 11.8 Å². The summed E-state index contributed by atoms with van der Waals surface area (Å²) in [7, 11) is -2.73. The summed E-state index contributed by atoms with van der Waals surface area (Å²) in [4.78, 5) is 29.2. The largest absolute Gasteiger partial charge is 0.492 e. The van der Waals surface area contributed by atoms with Gasteiger partial charge < -0.3 is 15.0 Å². The summed E-state index contributed by atoms with van der Waals surface area (Å²) < 4.78 is 35.0. The molecule has 10 heteroatoms. The van der Waals surface area contributed by atoms with Gasteiger partial charge in [-0.15, -0.1) is 0 Å². The van der Waals surface area contributed by atoms with Crippen LogP contribution in [0.4, 0.5) is 5.69 Å². The maximum Gasteiger partial charge on any atom is 0.264 e. The number of nitrogens with one attached hydrogen (secondary N) is 1. The molecule has 224 valence electrons. The Morgan fingerprint density at radius 1 is 0.860 bits per heavy atom. The quantitative estimate of drug-likeness (QED) is 0.219. The van der Waals surface area contributed by atoms with Gasteiger partial charge in [0.05, 0.1) is 17.2 Å². The third-order valence-electron chi connectivity index (χ3n) is 6.86. The maximum absolute atomic E-state index is 14.4. The van der Waals surface area contributed by atoms with E-state index in [0.717, 1.165) is 9.87 Å². The number of amides is 2. The van der Waals surface area contributed by atoms with Crippen molar-refractivity contribution in [3.05, 3.63) is 125 Å². The molecule has 4 aromatic carbocycles. The summed E-state index contributed by atoms with van der Waals surface area (Å²) in [6.07, 6.45) is 0.206. The SMILES string of the molecule is CCOc1ccccc1N(CC(=O)N(Cc1ccccc1Cl)C(Cc1ccccc1)C(=O)NC)S(=O)(=O)c1ccccc1. The first kappa shape index (κ1) is 31.6. The Hall–Kier alpha value is -4.34. The number of benzene rings is 4. The highest BCUT2D eigenvalue weighted by molar-refractivity contribution is 7.92. The van der Waals surface area contributed by atoms with Crippen LogP contribution < -0.4 is 14.4 Å². The molecule has 0 radical (unpaired) electrons. The normalized spacial score (nSPS) is 11.8. The summed E-state index contributed by atoms with van der Waals surface area (Å²) in [5.41, 5.74) is 1.66. The molecule has 1 unspecified atom stereocenters. The van der Waals surface area contributed by atoms with E-state index >= 15 is 0 Å². The van der Waals surface area contributed by atoms with E-state index in [9.17, 15) is 18.0 Å². The molecule has 2 amide bonds. The third kappa shape index (κ3) is 7.74. The fraction of sp³-hybridized carbons (Fsp3) is 0.212. The standard InChI is InChI=1S/C33H34ClN3O5S/c1-3-42-31-21-13-12-20-29(31)37(43(40,41)27-17-8-5-9-18-27)24-32(38)36(23-26-16-10-11-19-28(26)34)30(33(39)35-2)22-25-14-6-4-7-15-25/h4-21,30H,3,22-24H2,1-2H3,(H,35,39). The topological polar surface area (TPSA) is 96.0 Å². The first-order chi connectivity index (χ1) is 20.8. The number of halogens is 1. The van der Waals surface area contributed by atoms with Crippen molar-refractivity contribution in [3.63, 3.8) is 0 Å². The number of anilines is 1. The van der Waals surface area contributed by atoms with Crippen LogP contribution in [0.5, 0.6) is 5.75 Å². The van der Waals surface area contributed by atoms with Crippen LogP contribution in [0, 0.1) is 0 Å².